The molecule has 4 N–H and O–H groups in total. The SMILES string of the molecule is Cc1ccc(OC2O[C@H](CO)C(O)C(O)C2O)cc1. The minimum atomic E-state index is -1.43. The van der Waals surface area contributed by atoms with Crippen molar-refractivity contribution in [2.24, 2.45) is 0 Å². The van der Waals surface area contributed by atoms with E-state index in [9.17, 15) is 15.3 Å². The van der Waals surface area contributed by atoms with Crippen molar-refractivity contribution in [1.29, 1.82) is 0 Å². The van der Waals surface area contributed by atoms with E-state index >= 15 is 0 Å². The first kappa shape index (κ1) is 14.2. The van der Waals surface area contributed by atoms with Crippen molar-refractivity contribution < 1.29 is 29.9 Å². The van der Waals surface area contributed by atoms with Gasteiger partial charge in [0.15, 0.2) is 0 Å². The first-order valence-corrected chi connectivity index (χ1v) is 6.07. The van der Waals surface area contributed by atoms with Gasteiger partial charge in [0.2, 0.25) is 6.29 Å². The van der Waals surface area contributed by atoms with Crippen molar-refractivity contribution in [3.8, 4) is 5.75 Å². The normalized spacial score (nSPS) is 35.1. The van der Waals surface area contributed by atoms with Gasteiger partial charge in [-0.05, 0) is 19.1 Å². The summed E-state index contributed by atoms with van der Waals surface area (Å²) in [7, 11) is 0. The van der Waals surface area contributed by atoms with Crippen LogP contribution in [-0.4, -0.2) is 57.7 Å². The first-order valence-electron chi connectivity index (χ1n) is 6.07. The number of ether oxygens (including phenoxy) is 2. The number of aryl methyl sites for hydroxylation is 1. The van der Waals surface area contributed by atoms with E-state index in [1.807, 2.05) is 19.1 Å². The van der Waals surface area contributed by atoms with Crippen molar-refractivity contribution in [3.05, 3.63) is 29.8 Å². The van der Waals surface area contributed by atoms with Gasteiger partial charge in [-0.15, -0.1) is 0 Å². The van der Waals surface area contributed by atoms with Crippen LogP contribution in [0.3, 0.4) is 0 Å². The number of hydrogen-bond donors (Lipinski definition) is 4. The molecule has 4 unspecified atom stereocenters. The second kappa shape index (κ2) is 5.85. The predicted octanol–water partition coefficient (Wildman–Crippen LogP) is -0.826. The predicted molar refractivity (Wildman–Crippen MR) is 65.6 cm³/mol. The van der Waals surface area contributed by atoms with E-state index in [-0.39, 0.29) is 0 Å². The van der Waals surface area contributed by atoms with Gasteiger partial charge in [0.1, 0.15) is 30.2 Å². The maximum absolute atomic E-state index is 9.80. The van der Waals surface area contributed by atoms with Gasteiger partial charge >= 0.3 is 0 Å². The van der Waals surface area contributed by atoms with E-state index in [2.05, 4.69) is 0 Å². The van der Waals surface area contributed by atoms with Crippen LogP contribution >= 0.6 is 0 Å². The van der Waals surface area contributed by atoms with Crippen molar-refractivity contribution in [2.75, 3.05) is 6.61 Å². The fraction of sp³-hybridized carbons (Fsp3) is 0.538. The van der Waals surface area contributed by atoms with Crippen LogP contribution in [0.15, 0.2) is 24.3 Å². The van der Waals surface area contributed by atoms with Gasteiger partial charge in [-0.25, -0.2) is 0 Å². The van der Waals surface area contributed by atoms with Crippen LogP contribution in [-0.2, 0) is 4.74 Å². The third kappa shape index (κ3) is 3.05. The summed E-state index contributed by atoms with van der Waals surface area (Å²) in [5, 5.41) is 38.1. The zero-order valence-electron chi connectivity index (χ0n) is 10.5. The quantitative estimate of drug-likeness (QED) is 0.572. The standard InChI is InChI=1S/C13H18O6/c1-7-2-4-8(5-3-7)18-13-12(17)11(16)10(15)9(6-14)19-13/h2-5,9-17H,6H2,1H3/t9-,10?,11?,12?,13?/m1/s1. The van der Waals surface area contributed by atoms with Gasteiger partial charge in [0, 0.05) is 0 Å². The van der Waals surface area contributed by atoms with Crippen molar-refractivity contribution in [1.82, 2.24) is 0 Å². The van der Waals surface area contributed by atoms with Crippen molar-refractivity contribution in [2.45, 2.75) is 37.6 Å². The molecule has 1 aliphatic rings. The Labute approximate surface area is 110 Å². The van der Waals surface area contributed by atoms with Crippen molar-refractivity contribution in [3.63, 3.8) is 0 Å². The molecule has 0 radical (unpaired) electrons. The molecular formula is C13H18O6. The lowest BCUT2D eigenvalue weighted by molar-refractivity contribution is -0.277. The molecule has 6 nitrogen and oxygen atoms in total. The average Bonchev–Trinajstić information content (AvgIpc) is 2.42. The smallest absolute Gasteiger partial charge is 0.229 e. The number of aliphatic hydroxyl groups excluding tert-OH is 4. The zero-order valence-corrected chi connectivity index (χ0v) is 10.5. The molecule has 2 rings (SSSR count). The number of aliphatic hydroxyl groups is 4. The highest BCUT2D eigenvalue weighted by Crippen LogP contribution is 2.24. The third-order valence-electron chi connectivity index (χ3n) is 3.12. The molecule has 6 heteroatoms. The Morgan fingerprint density at radius 2 is 1.68 bits per heavy atom. The molecule has 1 heterocycles. The molecular weight excluding hydrogens is 252 g/mol. The maximum atomic E-state index is 9.80. The molecule has 0 amide bonds. The van der Waals surface area contributed by atoms with Gasteiger partial charge in [0.25, 0.3) is 0 Å². The molecule has 0 spiro atoms. The van der Waals surface area contributed by atoms with Crippen LogP contribution in [0.2, 0.25) is 0 Å². The maximum Gasteiger partial charge on any atom is 0.229 e. The van der Waals surface area contributed by atoms with Gasteiger partial charge < -0.3 is 29.9 Å². The first-order chi connectivity index (χ1) is 9.02. The molecule has 1 fully saturated rings. The van der Waals surface area contributed by atoms with Crippen LogP contribution in [0.4, 0.5) is 0 Å². The minimum absolute atomic E-state index is 0.468. The molecule has 106 valence electrons. The fourth-order valence-corrected chi connectivity index (χ4v) is 1.92. The van der Waals surface area contributed by atoms with Crippen LogP contribution in [0, 0.1) is 6.92 Å². The van der Waals surface area contributed by atoms with E-state index < -0.39 is 37.3 Å². The Morgan fingerprint density at radius 1 is 1.05 bits per heavy atom. The van der Waals surface area contributed by atoms with Gasteiger partial charge in [0.05, 0.1) is 6.61 Å². The van der Waals surface area contributed by atoms with E-state index in [1.54, 1.807) is 12.1 Å². The summed E-state index contributed by atoms with van der Waals surface area (Å²) in [6.07, 6.45) is -6.30. The summed E-state index contributed by atoms with van der Waals surface area (Å²) in [4.78, 5) is 0. The second-order valence-electron chi connectivity index (χ2n) is 4.63. The van der Waals surface area contributed by atoms with Crippen LogP contribution in [0.1, 0.15) is 5.56 Å². The summed E-state index contributed by atoms with van der Waals surface area (Å²) in [5.41, 5.74) is 1.06. The number of hydrogen-bond acceptors (Lipinski definition) is 6. The molecule has 5 atom stereocenters. The largest absolute Gasteiger partial charge is 0.462 e. The second-order valence-corrected chi connectivity index (χ2v) is 4.63. The molecule has 1 aliphatic heterocycles. The summed E-state index contributed by atoms with van der Waals surface area (Å²) in [5.74, 6) is 0.468. The molecule has 1 aromatic rings. The summed E-state index contributed by atoms with van der Waals surface area (Å²) in [6.45, 7) is 1.45. The van der Waals surface area contributed by atoms with E-state index in [0.29, 0.717) is 5.75 Å². The molecule has 0 bridgehead atoms. The molecule has 0 aromatic heterocycles. The number of benzene rings is 1. The van der Waals surface area contributed by atoms with Crippen molar-refractivity contribution >= 4 is 0 Å². The topological polar surface area (TPSA) is 99.4 Å². The lowest BCUT2D eigenvalue weighted by atomic mass is 9.99. The Bertz CT molecular complexity index is 404. The molecule has 19 heavy (non-hydrogen) atoms. The van der Waals surface area contributed by atoms with Gasteiger partial charge in [-0.2, -0.15) is 0 Å². The lowest BCUT2D eigenvalue weighted by Crippen LogP contribution is -2.60. The Morgan fingerprint density at radius 3 is 2.26 bits per heavy atom. The summed E-state index contributed by atoms with van der Waals surface area (Å²) >= 11 is 0. The van der Waals surface area contributed by atoms with Crippen LogP contribution < -0.4 is 4.74 Å². The summed E-state index contributed by atoms with van der Waals surface area (Å²) in [6, 6.07) is 7.08. The van der Waals surface area contributed by atoms with E-state index in [4.69, 9.17) is 14.6 Å². The Kier molecular flexibility index (Phi) is 4.38. The minimum Gasteiger partial charge on any atom is -0.462 e. The molecule has 0 aliphatic carbocycles. The molecule has 1 saturated heterocycles. The third-order valence-corrected chi connectivity index (χ3v) is 3.12. The van der Waals surface area contributed by atoms with Crippen LogP contribution in [0.25, 0.3) is 0 Å². The van der Waals surface area contributed by atoms with E-state index in [1.165, 1.54) is 0 Å². The lowest BCUT2D eigenvalue weighted by Gasteiger charge is -2.39. The average molecular weight is 270 g/mol. The van der Waals surface area contributed by atoms with Crippen LogP contribution in [0.5, 0.6) is 5.75 Å². The molecule has 0 saturated carbocycles. The zero-order chi connectivity index (χ0) is 14.0. The summed E-state index contributed by atoms with van der Waals surface area (Å²) < 4.78 is 10.7. The number of rotatable bonds is 3. The highest BCUT2D eigenvalue weighted by Gasteiger charge is 2.44. The highest BCUT2D eigenvalue weighted by atomic mass is 16.7. The van der Waals surface area contributed by atoms with Gasteiger partial charge in [-0.1, -0.05) is 17.7 Å². The van der Waals surface area contributed by atoms with E-state index in [0.717, 1.165) is 5.56 Å². The highest BCUT2D eigenvalue weighted by molar-refractivity contribution is 5.26. The molecule has 1 aromatic carbocycles. The Balaban J connectivity index is 2.08. The monoisotopic (exact) mass is 270 g/mol. The fourth-order valence-electron chi connectivity index (χ4n) is 1.92. The Hall–Kier alpha value is -1.18. The van der Waals surface area contributed by atoms with Gasteiger partial charge in [-0.3, -0.25) is 0 Å².